The minimum atomic E-state index is -0.281. The summed E-state index contributed by atoms with van der Waals surface area (Å²) in [5.74, 6) is 1.45. The highest BCUT2D eigenvalue weighted by molar-refractivity contribution is 5.67. The lowest BCUT2D eigenvalue weighted by atomic mass is 9.71. The Morgan fingerprint density at radius 3 is 2.42 bits per heavy atom. The second-order valence-electron chi connectivity index (χ2n) is 8.17. The summed E-state index contributed by atoms with van der Waals surface area (Å²) < 4.78 is 11.0. The molecule has 3 aromatic rings. The van der Waals surface area contributed by atoms with Crippen molar-refractivity contribution in [2.45, 2.75) is 25.4 Å². The zero-order chi connectivity index (χ0) is 21.6. The third-order valence-electron chi connectivity index (χ3n) is 6.12. The molecule has 0 saturated heterocycles. The number of ether oxygens (including phenoxy) is 2. The molecular formula is C27H29NO3. The van der Waals surface area contributed by atoms with Gasteiger partial charge in [-0.2, -0.15) is 0 Å². The summed E-state index contributed by atoms with van der Waals surface area (Å²) >= 11 is 0. The number of fused-ring (bicyclic) bond motifs is 1. The van der Waals surface area contributed by atoms with Gasteiger partial charge in [-0.3, -0.25) is 0 Å². The number of benzene rings is 3. The number of hydrogen-bond acceptors (Lipinski definition) is 3. The topological polar surface area (TPSA) is 38.8 Å². The first kappa shape index (κ1) is 21.0. The first-order valence-electron chi connectivity index (χ1n) is 10.8. The predicted octanol–water partition coefficient (Wildman–Crippen LogP) is 5.66. The number of carbonyl (C=O) groups excluding carboxylic acids is 1. The fourth-order valence-corrected chi connectivity index (χ4v) is 4.56. The summed E-state index contributed by atoms with van der Waals surface area (Å²) in [7, 11) is 3.54. The monoisotopic (exact) mass is 415 g/mol. The van der Waals surface area contributed by atoms with Gasteiger partial charge in [-0.05, 0) is 53.1 Å². The van der Waals surface area contributed by atoms with E-state index in [1.54, 1.807) is 12.0 Å². The van der Waals surface area contributed by atoms with Crippen LogP contribution in [0.25, 0.3) is 0 Å². The molecular weight excluding hydrogens is 386 g/mol. The van der Waals surface area contributed by atoms with E-state index >= 15 is 0 Å². The van der Waals surface area contributed by atoms with Crippen molar-refractivity contribution in [1.29, 1.82) is 0 Å². The van der Waals surface area contributed by atoms with E-state index in [9.17, 15) is 4.79 Å². The molecule has 0 N–H and O–H groups in total. The molecule has 1 amide bonds. The van der Waals surface area contributed by atoms with Gasteiger partial charge in [0.25, 0.3) is 0 Å². The van der Waals surface area contributed by atoms with Gasteiger partial charge in [0.05, 0.1) is 7.11 Å². The molecule has 0 aliphatic heterocycles. The highest BCUT2D eigenvalue weighted by atomic mass is 16.6. The van der Waals surface area contributed by atoms with Gasteiger partial charge in [-0.15, -0.1) is 0 Å². The van der Waals surface area contributed by atoms with Crippen LogP contribution in [-0.4, -0.2) is 31.7 Å². The first-order valence-corrected chi connectivity index (χ1v) is 10.8. The maximum absolute atomic E-state index is 12.6. The van der Waals surface area contributed by atoms with Gasteiger partial charge in [-0.25, -0.2) is 4.79 Å². The molecule has 0 unspecified atom stereocenters. The summed E-state index contributed by atoms with van der Waals surface area (Å²) in [4.78, 5) is 14.4. The van der Waals surface area contributed by atoms with Crippen LogP contribution >= 0.6 is 0 Å². The highest BCUT2D eigenvalue weighted by Crippen LogP contribution is 2.42. The number of aryl methyl sites for hydroxylation is 1. The number of carbonyl (C=O) groups is 1. The highest BCUT2D eigenvalue weighted by Gasteiger charge is 2.32. The minimum Gasteiger partial charge on any atom is -0.497 e. The van der Waals surface area contributed by atoms with Crippen LogP contribution < -0.4 is 4.74 Å². The third-order valence-corrected chi connectivity index (χ3v) is 6.12. The van der Waals surface area contributed by atoms with Gasteiger partial charge in [0.15, 0.2) is 0 Å². The Balaban J connectivity index is 1.51. The van der Waals surface area contributed by atoms with Crippen LogP contribution in [0.5, 0.6) is 5.75 Å². The molecule has 0 heterocycles. The Morgan fingerprint density at radius 2 is 1.71 bits per heavy atom. The van der Waals surface area contributed by atoms with Crippen LogP contribution in [0.2, 0.25) is 0 Å². The molecule has 0 saturated carbocycles. The van der Waals surface area contributed by atoms with E-state index < -0.39 is 0 Å². The maximum atomic E-state index is 12.6. The normalized spacial score (nSPS) is 17.5. The Hall–Kier alpha value is -3.27. The van der Waals surface area contributed by atoms with E-state index in [4.69, 9.17) is 9.47 Å². The van der Waals surface area contributed by atoms with Gasteiger partial charge in [0.2, 0.25) is 0 Å². The smallest absolute Gasteiger partial charge is 0.409 e. The third kappa shape index (κ3) is 4.91. The van der Waals surface area contributed by atoms with Crippen molar-refractivity contribution >= 4 is 6.09 Å². The molecule has 2 atom stereocenters. The van der Waals surface area contributed by atoms with E-state index in [-0.39, 0.29) is 12.0 Å². The van der Waals surface area contributed by atoms with Crippen LogP contribution in [0.4, 0.5) is 4.79 Å². The largest absolute Gasteiger partial charge is 0.497 e. The molecule has 3 aromatic carbocycles. The Labute approximate surface area is 184 Å². The first-order chi connectivity index (χ1) is 15.2. The van der Waals surface area contributed by atoms with Crippen LogP contribution in [0.3, 0.4) is 0 Å². The summed E-state index contributed by atoms with van der Waals surface area (Å²) in [6, 6.07) is 26.7. The van der Waals surface area contributed by atoms with E-state index in [0.29, 0.717) is 19.1 Å². The van der Waals surface area contributed by atoms with Crippen molar-refractivity contribution in [3.05, 3.63) is 101 Å². The number of rotatable bonds is 6. The van der Waals surface area contributed by atoms with Crippen LogP contribution in [0.1, 0.15) is 34.6 Å². The van der Waals surface area contributed by atoms with Crippen molar-refractivity contribution in [3.63, 3.8) is 0 Å². The summed E-state index contributed by atoms with van der Waals surface area (Å²) in [6.07, 6.45) is 1.71. The average Bonchev–Trinajstić information content (AvgIpc) is 2.83. The molecule has 0 fully saturated rings. The predicted molar refractivity (Wildman–Crippen MR) is 122 cm³/mol. The number of methoxy groups -OCH3 is 1. The standard InChI is InChI=1S/C27H29NO3/c1-28(27(29)31-19-20-9-5-3-6-10-20)18-23-14-13-22-17-24(30-2)15-16-25(22)26(23)21-11-7-4-8-12-21/h3-12,15-17,23,26H,13-14,18-19H2,1-2H3/t23-,26+/m1/s1. The molecule has 1 aliphatic rings. The van der Waals surface area contributed by atoms with Crippen molar-refractivity contribution in [2.24, 2.45) is 5.92 Å². The van der Waals surface area contributed by atoms with Gasteiger partial charge in [0, 0.05) is 19.5 Å². The second-order valence-corrected chi connectivity index (χ2v) is 8.17. The Bertz CT molecular complexity index is 1000. The SMILES string of the molecule is COc1ccc2c(c1)CC[C@H](CN(C)C(=O)OCc1ccccc1)[C@@H]2c1ccccc1. The Morgan fingerprint density at radius 1 is 1.00 bits per heavy atom. The molecule has 1 aliphatic carbocycles. The van der Waals surface area contributed by atoms with E-state index in [1.165, 1.54) is 16.7 Å². The van der Waals surface area contributed by atoms with Crippen LogP contribution in [-0.2, 0) is 17.8 Å². The maximum Gasteiger partial charge on any atom is 0.409 e. The number of amides is 1. The molecule has 160 valence electrons. The Kier molecular flexibility index (Phi) is 6.56. The molecule has 0 aromatic heterocycles. The quantitative estimate of drug-likeness (QED) is 0.522. The zero-order valence-electron chi connectivity index (χ0n) is 18.2. The molecule has 31 heavy (non-hydrogen) atoms. The molecule has 4 rings (SSSR count). The average molecular weight is 416 g/mol. The summed E-state index contributed by atoms with van der Waals surface area (Å²) in [5, 5.41) is 0. The molecule has 0 bridgehead atoms. The fraction of sp³-hybridized carbons (Fsp3) is 0.296. The lowest BCUT2D eigenvalue weighted by molar-refractivity contribution is 0.0972. The molecule has 0 spiro atoms. The van der Waals surface area contributed by atoms with E-state index in [0.717, 1.165) is 24.2 Å². The summed E-state index contributed by atoms with van der Waals surface area (Å²) in [6.45, 7) is 0.943. The van der Waals surface area contributed by atoms with Crippen molar-refractivity contribution in [2.75, 3.05) is 20.7 Å². The zero-order valence-corrected chi connectivity index (χ0v) is 18.2. The molecule has 4 heteroatoms. The molecule has 0 radical (unpaired) electrons. The summed E-state index contributed by atoms with van der Waals surface area (Å²) in [5.41, 5.74) is 4.93. The van der Waals surface area contributed by atoms with Crippen molar-refractivity contribution < 1.29 is 14.3 Å². The number of hydrogen-bond donors (Lipinski definition) is 0. The molecule has 4 nitrogen and oxygen atoms in total. The second kappa shape index (κ2) is 9.69. The van der Waals surface area contributed by atoms with Crippen molar-refractivity contribution in [1.82, 2.24) is 4.90 Å². The minimum absolute atomic E-state index is 0.236. The van der Waals surface area contributed by atoms with E-state index in [1.807, 2.05) is 49.5 Å². The van der Waals surface area contributed by atoms with Gasteiger partial charge < -0.3 is 14.4 Å². The van der Waals surface area contributed by atoms with Gasteiger partial charge in [-0.1, -0.05) is 66.7 Å². The number of nitrogens with zero attached hydrogens (tertiary/aromatic N) is 1. The van der Waals surface area contributed by atoms with Gasteiger partial charge >= 0.3 is 6.09 Å². The lowest BCUT2D eigenvalue weighted by Gasteiger charge is -2.36. The van der Waals surface area contributed by atoms with Crippen molar-refractivity contribution in [3.8, 4) is 5.75 Å². The van der Waals surface area contributed by atoms with Gasteiger partial charge in [0.1, 0.15) is 12.4 Å². The van der Waals surface area contributed by atoms with Crippen LogP contribution in [0, 0.1) is 5.92 Å². The van der Waals surface area contributed by atoms with E-state index in [2.05, 4.69) is 36.4 Å². The fourth-order valence-electron chi connectivity index (χ4n) is 4.56. The lowest BCUT2D eigenvalue weighted by Crippen LogP contribution is -2.36. The van der Waals surface area contributed by atoms with Crippen LogP contribution in [0.15, 0.2) is 78.9 Å².